The first-order valence-electron chi connectivity index (χ1n) is 6.03. The predicted octanol–water partition coefficient (Wildman–Crippen LogP) is 3.10. The highest BCUT2D eigenvalue weighted by Crippen LogP contribution is 2.33. The van der Waals surface area contributed by atoms with Crippen LogP contribution in [0.1, 0.15) is 5.56 Å². The summed E-state index contributed by atoms with van der Waals surface area (Å²) in [6.45, 7) is 4.80. The van der Waals surface area contributed by atoms with Gasteiger partial charge >= 0.3 is 0 Å². The average Bonchev–Trinajstić information content (AvgIpc) is 2.95. The Morgan fingerprint density at radius 3 is 2.19 bits per heavy atom. The van der Waals surface area contributed by atoms with Crippen molar-refractivity contribution in [3.8, 4) is 11.5 Å². The van der Waals surface area contributed by atoms with E-state index in [0.717, 1.165) is 11.5 Å². The molecule has 0 fully saturated rings. The van der Waals surface area contributed by atoms with E-state index < -0.39 is 10.1 Å². The van der Waals surface area contributed by atoms with E-state index >= 15 is 0 Å². The van der Waals surface area contributed by atoms with Crippen LogP contribution in [0.5, 0.6) is 11.5 Å². The van der Waals surface area contributed by atoms with Gasteiger partial charge in [-0.15, -0.1) is 11.3 Å². The van der Waals surface area contributed by atoms with Crippen LogP contribution in [0.15, 0.2) is 46.5 Å². The van der Waals surface area contributed by atoms with E-state index in [9.17, 15) is 8.42 Å². The van der Waals surface area contributed by atoms with Crippen molar-refractivity contribution in [3.05, 3.63) is 47.2 Å². The zero-order valence-electron chi connectivity index (χ0n) is 11.1. The molecule has 5 nitrogen and oxygen atoms in total. The van der Waals surface area contributed by atoms with Gasteiger partial charge in [-0.1, -0.05) is 30.9 Å². The van der Waals surface area contributed by atoms with Crippen LogP contribution >= 0.6 is 11.3 Å². The summed E-state index contributed by atoms with van der Waals surface area (Å²) in [4.78, 5) is -0.111. The Labute approximate surface area is 127 Å². The van der Waals surface area contributed by atoms with Crippen LogP contribution in [0.25, 0.3) is 6.08 Å². The minimum Gasteiger partial charge on any atom is -0.485 e. The van der Waals surface area contributed by atoms with Crippen LogP contribution in [0.3, 0.4) is 0 Å². The van der Waals surface area contributed by atoms with E-state index in [2.05, 4.69) is 6.58 Å². The molecule has 1 aromatic heterocycles. The van der Waals surface area contributed by atoms with E-state index in [1.165, 1.54) is 18.2 Å². The number of hydrogen-bond donors (Lipinski definition) is 1. The minimum atomic E-state index is -4.12. The first-order chi connectivity index (χ1) is 10.0. The summed E-state index contributed by atoms with van der Waals surface area (Å²) in [5.74, 6) is 1.79. The Balaban J connectivity index is 0.000000159. The molecule has 3 rings (SSSR count). The molecule has 1 aliphatic rings. The lowest BCUT2D eigenvalue weighted by molar-refractivity contribution is 0.173. The Kier molecular flexibility index (Phi) is 5.00. The molecule has 1 aliphatic heterocycles. The fourth-order valence-corrected chi connectivity index (χ4v) is 3.05. The number of thiophene rings is 1. The topological polar surface area (TPSA) is 72.8 Å². The van der Waals surface area contributed by atoms with Gasteiger partial charge in [0, 0.05) is 10.8 Å². The first kappa shape index (κ1) is 15.6. The lowest BCUT2D eigenvalue weighted by atomic mass is 10.2. The van der Waals surface area contributed by atoms with E-state index in [1.807, 2.05) is 10.8 Å². The van der Waals surface area contributed by atoms with Crippen molar-refractivity contribution in [1.82, 2.24) is 0 Å². The van der Waals surface area contributed by atoms with Crippen molar-refractivity contribution in [2.24, 2.45) is 0 Å². The van der Waals surface area contributed by atoms with Gasteiger partial charge in [-0.05, 0) is 11.6 Å². The van der Waals surface area contributed by atoms with Gasteiger partial charge in [0.15, 0.2) is 11.5 Å². The fraction of sp³-hybridized carbons (Fsp3) is 0.143. The highest BCUT2D eigenvalue weighted by molar-refractivity contribution is 7.85. The SMILES string of the molecule is C=Cc1ccccc1S(=O)(=O)O.c1scc2c1OCCO2. The third kappa shape index (κ3) is 4.07. The third-order valence-electron chi connectivity index (χ3n) is 2.61. The molecule has 0 unspecified atom stereocenters. The summed E-state index contributed by atoms with van der Waals surface area (Å²) in [6.07, 6.45) is 1.38. The van der Waals surface area contributed by atoms with Crippen molar-refractivity contribution in [3.63, 3.8) is 0 Å². The summed E-state index contributed by atoms with van der Waals surface area (Å²) >= 11 is 1.61. The molecule has 0 radical (unpaired) electrons. The highest BCUT2D eigenvalue weighted by atomic mass is 32.2. The number of fused-ring (bicyclic) bond motifs is 1. The molecule has 0 spiro atoms. The van der Waals surface area contributed by atoms with Gasteiger partial charge in [0.05, 0.1) is 0 Å². The molecule has 0 amide bonds. The molecular weight excluding hydrogens is 312 g/mol. The molecule has 0 bridgehead atoms. The second kappa shape index (κ2) is 6.75. The Bertz CT molecular complexity index is 698. The lowest BCUT2D eigenvalue weighted by Crippen LogP contribution is -2.13. The molecule has 21 heavy (non-hydrogen) atoms. The van der Waals surface area contributed by atoms with Gasteiger partial charge in [-0.2, -0.15) is 8.42 Å². The Morgan fingerprint density at radius 2 is 1.71 bits per heavy atom. The maximum absolute atomic E-state index is 10.7. The second-order valence-electron chi connectivity index (χ2n) is 4.01. The van der Waals surface area contributed by atoms with Crippen LogP contribution < -0.4 is 9.47 Å². The number of rotatable bonds is 2. The molecule has 1 N–H and O–H groups in total. The number of hydrogen-bond acceptors (Lipinski definition) is 5. The summed E-state index contributed by atoms with van der Waals surface area (Å²) in [5, 5.41) is 3.91. The summed E-state index contributed by atoms with van der Waals surface area (Å²) in [7, 11) is -4.12. The molecule has 1 aromatic carbocycles. The van der Waals surface area contributed by atoms with Crippen LogP contribution in [0.4, 0.5) is 0 Å². The zero-order chi connectivity index (χ0) is 15.3. The van der Waals surface area contributed by atoms with Gasteiger partial charge in [-0.3, -0.25) is 4.55 Å². The molecular formula is C14H14O5S2. The van der Waals surface area contributed by atoms with E-state index in [1.54, 1.807) is 23.5 Å². The van der Waals surface area contributed by atoms with Gasteiger partial charge in [0.1, 0.15) is 18.1 Å². The van der Waals surface area contributed by atoms with Crippen molar-refractivity contribution in [2.75, 3.05) is 13.2 Å². The summed E-state index contributed by atoms with van der Waals surface area (Å²) < 4.78 is 40.7. The van der Waals surface area contributed by atoms with Gasteiger partial charge in [0.2, 0.25) is 0 Å². The summed E-state index contributed by atoms with van der Waals surface area (Å²) in [6, 6.07) is 6.10. The lowest BCUT2D eigenvalue weighted by Gasteiger charge is -2.13. The quantitative estimate of drug-likeness (QED) is 0.859. The molecule has 0 atom stereocenters. The van der Waals surface area contributed by atoms with Crippen LogP contribution in [0, 0.1) is 0 Å². The number of benzene rings is 1. The van der Waals surface area contributed by atoms with Crippen molar-refractivity contribution in [1.29, 1.82) is 0 Å². The van der Waals surface area contributed by atoms with Gasteiger partial charge in [0.25, 0.3) is 10.1 Å². The van der Waals surface area contributed by atoms with Crippen molar-refractivity contribution in [2.45, 2.75) is 4.90 Å². The first-order valence-corrected chi connectivity index (χ1v) is 8.41. The maximum atomic E-state index is 10.7. The Hall–Kier alpha value is -1.83. The highest BCUT2D eigenvalue weighted by Gasteiger charge is 2.11. The monoisotopic (exact) mass is 326 g/mol. The summed E-state index contributed by atoms with van der Waals surface area (Å²) in [5.41, 5.74) is 0.403. The standard InChI is InChI=1S/C8H8O3S.C6H6O2S/c1-2-7-5-3-4-6-8(7)12(9,10)11;1-2-8-6-4-9-3-5(6)7-1/h2-6H,1H2,(H,9,10,11);3-4H,1-2H2. The second-order valence-corrected chi connectivity index (χ2v) is 6.15. The predicted molar refractivity (Wildman–Crippen MR) is 81.7 cm³/mol. The van der Waals surface area contributed by atoms with Gasteiger partial charge in [-0.25, -0.2) is 0 Å². The number of ether oxygens (including phenoxy) is 2. The minimum absolute atomic E-state index is 0.111. The molecule has 112 valence electrons. The zero-order valence-corrected chi connectivity index (χ0v) is 12.7. The molecule has 7 heteroatoms. The average molecular weight is 326 g/mol. The van der Waals surface area contributed by atoms with Gasteiger partial charge < -0.3 is 9.47 Å². The molecule has 0 saturated heterocycles. The molecule has 0 aliphatic carbocycles. The molecule has 2 aromatic rings. The maximum Gasteiger partial charge on any atom is 0.295 e. The van der Waals surface area contributed by atoms with E-state index in [-0.39, 0.29) is 4.90 Å². The third-order valence-corrected chi connectivity index (χ3v) is 4.24. The van der Waals surface area contributed by atoms with Crippen LogP contribution in [-0.4, -0.2) is 26.2 Å². The van der Waals surface area contributed by atoms with Crippen molar-refractivity contribution >= 4 is 27.5 Å². The smallest absolute Gasteiger partial charge is 0.295 e. The normalized spacial score (nSPS) is 13.0. The van der Waals surface area contributed by atoms with Crippen molar-refractivity contribution < 1.29 is 22.4 Å². The van der Waals surface area contributed by atoms with Crippen LogP contribution in [-0.2, 0) is 10.1 Å². The van der Waals surface area contributed by atoms with E-state index in [4.69, 9.17) is 14.0 Å². The fourth-order valence-electron chi connectivity index (χ4n) is 1.67. The van der Waals surface area contributed by atoms with Crippen LogP contribution in [0.2, 0.25) is 0 Å². The molecule has 2 heterocycles. The molecule has 0 saturated carbocycles. The Morgan fingerprint density at radius 1 is 1.14 bits per heavy atom. The van der Waals surface area contributed by atoms with E-state index in [0.29, 0.717) is 18.8 Å². The largest absolute Gasteiger partial charge is 0.485 e.